The minimum absolute atomic E-state index is 0.315. The van der Waals surface area contributed by atoms with Crippen LogP contribution in [0.2, 0.25) is 0 Å². The highest BCUT2D eigenvalue weighted by atomic mass is 32.2. The number of thioether (sulfide) groups is 1. The van der Waals surface area contributed by atoms with Gasteiger partial charge >= 0.3 is 0 Å². The van der Waals surface area contributed by atoms with Crippen molar-refractivity contribution in [1.82, 2.24) is 0 Å². The third-order valence-electron chi connectivity index (χ3n) is 1.41. The lowest BCUT2D eigenvalue weighted by Crippen LogP contribution is -1.96. The summed E-state index contributed by atoms with van der Waals surface area (Å²) < 4.78 is 0. The van der Waals surface area contributed by atoms with Crippen molar-refractivity contribution in [2.45, 2.75) is 25.5 Å². The normalized spacial score (nSPS) is 38.5. The highest BCUT2D eigenvalue weighted by Gasteiger charge is 2.26. The Kier molecular flexibility index (Phi) is 1.61. The Balaban J connectivity index is 2.51. The first-order valence-electron chi connectivity index (χ1n) is 2.90. The smallest absolute Gasteiger partial charge is 0.192 e. The van der Waals surface area contributed by atoms with Gasteiger partial charge in [0.2, 0.25) is 0 Å². The summed E-state index contributed by atoms with van der Waals surface area (Å²) in [5.74, 6) is 0.315. The van der Waals surface area contributed by atoms with Crippen LogP contribution in [0.3, 0.4) is 0 Å². The molecule has 0 bridgehead atoms. The van der Waals surface area contributed by atoms with E-state index in [2.05, 4.69) is 6.92 Å². The van der Waals surface area contributed by atoms with Crippen LogP contribution in [0.25, 0.3) is 0 Å². The van der Waals surface area contributed by atoms with Crippen molar-refractivity contribution in [3.8, 4) is 0 Å². The number of hydrogen-bond donors (Lipinski definition) is 0. The zero-order valence-electron chi connectivity index (χ0n) is 5.18. The predicted molar refractivity (Wildman–Crippen MR) is 35.8 cm³/mol. The largest absolute Gasteiger partial charge is 0.287 e. The molecule has 0 aromatic rings. The Labute approximate surface area is 53.8 Å². The second-order valence-electron chi connectivity index (χ2n) is 2.38. The third-order valence-corrected chi connectivity index (χ3v) is 2.63. The van der Waals surface area contributed by atoms with Crippen LogP contribution in [0.15, 0.2) is 0 Å². The molecule has 2 atom stereocenters. The Morgan fingerprint density at radius 3 is 2.38 bits per heavy atom. The van der Waals surface area contributed by atoms with Gasteiger partial charge in [0, 0.05) is 11.2 Å². The molecular weight excluding hydrogens is 120 g/mol. The summed E-state index contributed by atoms with van der Waals surface area (Å²) in [5, 5.41) is 0.940. The molecular formula is C6H10OS. The molecule has 0 amide bonds. The van der Waals surface area contributed by atoms with Crippen LogP contribution in [0, 0.1) is 5.92 Å². The molecule has 46 valence electrons. The fourth-order valence-corrected chi connectivity index (χ4v) is 2.07. The van der Waals surface area contributed by atoms with Crippen molar-refractivity contribution in [2.75, 3.05) is 0 Å². The second kappa shape index (κ2) is 2.09. The van der Waals surface area contributed by atoms with Crippen LogP contribution >= 0.6 is 11.8 Å². The SMILES string of the molecule is CC1CC(C)C(=O)S1. The van der Waals surface area contributed by atoms with Gasteiger partial charge in [-0.2, -0.15) is 0 Å². The van der Waals surface area contributed by atoms with E-state index in [1.165, 1.54) is 11.8 Å². The van der Waals surface area contributed by atoms with Crippen LogP contribution in [0.1, 0.15) is 20.3 Å². The van der Waals surface area contributed by atoms with Crippen molar-refractivity contribution in [3.63, 3.8) is 0 Å². The van der Waals surface area contributed by atoms with E-state index in [1.807, 2.05) is 6.92 Å². The number of carbonyl (C=O) groups is 1. The van der Waals surface area contributed by atoms with Crippen molar-refractivity contribution in [1.29, 1.82) is 0 Å². The van der Waals surface area contributed by atoms with Crippen molar-refractivity contribution in [3.05, 3.63) is 0 Å². The molecule has 0 radical (unpaired) electrons. The molecule has 1 aliphatic heterocycles. The molecule has 0 spiro atoms. The second-order valence-corrected chi connectivity index (χ2v) is 3.83. The summed E-state index contributed by atoms with van der Waals surface area (Å²) in [5.41, 5.74) is 0. The van der Waals surface area contributed by atoms with Gasteiger partial charge < -0.3 is 0 Å². The highest BCUT2D eigenvalue weighted by Crippen LogP contribution is 2.31. The van der Waals surface area contributed by atoms with Gasteiger partial charge in [0.15, 0.2) is 5.12 Å². The lowest BCUT2D eigenvalue weighted by molar-refractivity contribution is -0.113. The molecule has 1 fully saturated rings. The Hall–Kier alpha value is 0.0200. The number of hydrogen-bond acceptors (Lipinski definition) is 2. The zero-order chi connectivity index (χ0) is 6.15. The molecule has 8 heavy (non-hydrogen) atoms. The molecule has 0 aromatic carbocycles. The van der Waals surface area contributed by atoms with E-state index in [-0.39, 0.29) is 0 Å². The standard InChI is InChI=1S/C6H10OS/c1-4-3-5(2)8-6(4)7/h4-5H,3H2,1-2H3. The van der Waals surface area contributed by atoms with Crippen LogP contribution in [0.5, 0.6) is 0 Å². The average molecular weight is 130 g/mol. The van der Waals surface area contributed by atoms with E-state index in [9.17, 15) is 4.79 Å². The summed E-state index contributed by atoms with van der Waals surface area (Å²) in [7, 11) is 0. The van der Waals surface area contributed by atoms with E-state index >= 15 is 0 Å². The first-order valence-corrected chi connectivity index (χ1v) is 3.78. The molecule has 1 nitrogen and oxygen atoms in total. The number of carbonyl (C=O) groups excluding carboxylic acids is 1. The lowest BCUT2D eigenvalue weighted by Gasteiger charge is -1.92. The Bertz CT molecular complexity index is 111. The molecule has 2 heteroatoms. The van der Waals surface area contributed by atoms with Gasteiger partial charge in [-0.1, -0.05) is 25.6 Å². The van der Waals surface area contributed by atoms with Crippen LogP contribution in [-0.2, 0) is 4.79 Å². The van der Waals surface area contributed by atoms with Gasteiger partial charge in [-0.05, 0) is 6.42 Å². The van der Waals surface area contributed by atoms with E-state index in [0.29, 0.717) is 16.3 Å². The highest BCUT2D eigenvalue weighted by molar-refractivity contribution is 8.14. The quantitative estimate of drug-likeness (QED) is 0.496. The summed E-state index contributed by atoms with van der Waals surface area (Å²) in [6.45, 7) is 4.10. The van der Waals surface area contributed by atoms with E-state index in [4.69, 9.17) is 0 Å². The van der Waals surface area contributed by atoms with E-state index in [0.717, 1.165) is 6.42 Å². The van der Waals surface area contributed by atoms with Gasteiger partial charge in [0.1, 0.15) is 0 Å². The van der Waals surface area contributed by atoms with Crippen LogP contribution < -0.4 is 0 Å². The molecule has 0 aromatic heterocycles. The molecule has 1 heterocycles. The third kappa shape index (κ3) is 1.05. The Morgan fingerprint density at radius 2 is 2.25 bits per heavy atom. The molecule has 0 saturated carbocycles. The van der Waals surface area contributed by atoms with Crippen molar-refractivity contribution < 1.29 is 4.79 Å². The summed E-state index contributed by atoms with van der Waals surface area (Å²) in [6, 6.07) is 0. The first-order chi connectivity index (χ1) is 3.70. The number of rotatable bonds is 0. The minimum Gasteiger partial charge on any atom is -0.287 e. The minimum atomic E-state index is 0.315. The van der Waals surface area contributed by atoms with Gasteiger partial charge in [-0.15, -0.1) is 0 Å². The molecule has 1 rings (SSSR count). The van der Waals surface area contributed by atoms with Gasteiger partial charge in [0.25, 0.3) is 0 Å². The monoisotopic (exact) mass is 130 g/mol. The van der Waals surface area contributed by atoms with E-state index < -0.39 is 0 Å². The summed E-state index contributed by atoms with van der Waals surface area (Å²) in [4.78, 5) is 10.7. The zero-order valence-corrected chi connectivity index (χ0v) is 5.99. The van der Waals surface area contributed by atoms with Crippen LogP contribution in [0.4, 0.5) is 0 Å². The molecule has 2 unspecified atom stereocenters. The van der Waals surface area contributed by atoms with Gasteiger partial charge in [-0.25, -0.2) is 0 Å². The Morgan fingerprint density at radius 1 is 1.62 bits per heavy atom. The van der Waals surface area contributed by atoms with Crippen molar-refractivity contribution >= 4 is 16.9 Å². The van der Waals surface area contributed by atoms with Crippen molar-refractivity contribution in [2.24, 2.45) is 5.92 Å². The summed E-state index contributed by atoms with van der Waals surface area (Å²) in [6.07, 6.45) is 1.07. The topological polar surface area (TPSA) is 17.1 Å². The maximum Gasteiger partial charge on any atom is 0.192 e. The molecule has 0 aliphatic carbocycles. The van der Waals surface area contributed by atoms with Gasteiger partial charge in [0.05, 0.1) is 0 Å². The maximum atomic E-state index is 10.7. The summed E-state index contributed by atoms with van der Waals surface area (Å²) >= 11 is 1.49. The fraction of sp³-hybridized carbons (Fsp3) is 0.833. The molecule has 1 saturated heterocycles. The molecule has 0 N–H and O–H groups in total. The lowest BCUT2D eigenvalue weighted by atomic mass is 10.1. The fourth-order valence-electron chi connectivity index (χ4n) is 0.957. The maximum absolute atomic E-state index is 10.7. The molecule has 1 aliphatic rings. The van der Waals surface area contributed by atoms with Crippen LogP contribution in [-0.4, -0.2) is 10.4 Å². The first kappa shape index (κ1) is 6.14. The predicted octanol–water partition coefficient (Wildman–Crippen LogP) is 1.67. The van der Waals surface area contributed by atoms with E-state index in [1.54, 1.807) is 0 Å². The average Bonchev–Trinajstić information content (AvgIpc) is 1.85. The van der Waals surface area contributed by atoms with Gasteiger partial charge in [-0.3, -0.25) is 4.79 Å².